The predicted molar refractivity (Wildman–Crippen MR) is 71.5 cm³/mol. The molecular weight excluding hydrogens is 282 g/mol. The van der Waals surface area contributed by atoms with Crippen LogP contribution in [0, 0.1) is 0 Å². The summed E-state index contributed by atoms with van der Waals surface area (Å²) in [6, 6.07) is 7.30. The number of hydrogen-bond acceptors (Lipinski definition) is 3. The zero-order chi connectivity index (χ0) is 13.1. The highest BCUT2D eigenvalue weighted by Crippen LogP contribution is 2.20. The Hall–Kier alpha value is -0.870. The number of carbonyl (C=O) groups excluding carboxylic acids is 1. The van der Waals surface area contributed by atoms with E-state index in [4.69, 9.17) is 10.5 Å². The molecule has 0 unspecified atom stereocenters. The number of benzene rings is 1. The minimum atomic E-state index is -0.464. The van der Waals surface area contributed by atoms with Crippen molar-refractivity contribution in [3.05, 3.63) is 34.3 Å². The lowest BCUT2D eigenvalue weighted by molar-refractivity contribution is -0.155. The van der Waals surface area contributed by atoms with Crippen molar-refractivity contribution < 1.29 is 9.53 Å². The van der Waals surface area contributed by atoms with E-state index in [1.807, 2.05) is 45.0 Å². The first-order valence-electron chi connectivity index (χ1n) is 5.51. The van der Waals surface area contributed by atoms with Crippen molar-refractivity contribution in [1.29, 1.82) is 0 Å². The smallest absolute Gasteiger partial charge is 0.308 e. The Morgan fingerprint density at radius 2 is 2.12 bits per heavy atom. The van der Waals surface area contributed by atoms with Gasteiger partial charge in [-0.05, 0) is 38.5 Å². The standard InChI is InChI=1S/C13H18BrNO2/c1-13(2,3)17-12(16)8-11(15)9-5-4-6-10(14)7-9/h4-7,11H,8,15H2,1-3H3/t11-/m0/s1. The predicted octanol–water partition coefficient (Wildman–Crippen LogP) is 3.18. The summed E-state index contributed by atoms with van der Waals surface area (Å²) in [4.78, 5) is 11.6. The Bertz CT molecular complexity index is 399. The van der Waals surface area contributed by atoms with E-state index in [2.05, 4.69) is 15.9 Å². The second kappa shape index (κ2) is 5.65. The fraction of sp³-hybridized carbons (Fsp3) is 0.462. The molecule has 1 atom stereocenters. The highest BCUT2D eigenvalue weighted by molar-refractivity contribution is 9.10. The Kier molecular flexibility index (Phi) is 4.71. The van der Waals surface area contributed by atoms with Gasteiger partial charge in [0.05, 0.1) is 6.42 Å². The SMILES string of the molecule is CC(C)(C)OC(=O)C[C@H](N)c1cccc(Br)c1. The molecular formula is C13H18BrNO2. The molecule has 2 N–H and O–H groups in total. The molecule has 0 heterocycles. The van der Waals surface area contributed by atoms with Crippen LogP contribution in [-0.4, -0.2) is 11.6 Å². The minimum Gasteiger partial charge on any atom is -0.460 e. The second-order valence-electron chi connectivity index (χ2n) is 4.95. The van der Waals surface area contributed by atoms with Gasteiger partial charge < -0.3 is 10.5 Å². The van der Waals surface area contributed by atoms with E-state index in [9.17, 15) is 4.79 Å². The highest BCUT2D eigenvalue weighted by Gasteiger charge is 2.19. The number of nitrogens with two attached hydrogens (primary N) is 1. The number of rotatable bonds is 3. The Morgan fingerprint density at radius 3 is 2.65 bits per heavy atom. The van der Waals surface area contributed by atoms with E-state index in [1.54, 1.807) is 0 Å². The van der Waals surface area contributed by atoms with E-state index in [-0.39, 0.29) is 18.4 Å². The fourth-order valence-electron chi connectivity index (χ4n) is 1.42. The van der Waals surface area contributed by atoms with Gasteiger partial charge >= 0.3 is 5.97 Å². The van der Waals surface area contributed by atoms with Crippen LogP contribution in [0.4, 0.5) is 0 Å². The van der Waals surface area contributed by atoms with Gasteiger partial charge in [-0.2, -0.15) is 0 Å². The summed E-state index contributed by atoms with van der Waals surface area (Å²) in [7, 11) is 0. The first kappa shape index (κ1) is 14.2. The van der Waals surface area contributed by atoms with Gasteiger partial charge in [0.15, 0.2) is 0 Å². The molecule has 0 aromatic heterocycles. The van der Waals surface area contributed by atoms with Crippen molar-refractivity contribution in [2.24, 2.45) is 5.73 Å². The van der Waals surface area contributed by atoms with Crippen molar-refractivity contribution >= 4 is 21.9 Å². The molecule has 94 valence electrons. The van der Waals surface area contributed by atoms with Crippen LogP contribution < -0.4 is 5.73 Å². The third-order valence-electron chi connectivity index (χ3n) is 2.08. The van der Waals surface area contributed by atoms with Crippen LogP contribution in [0.1, 0.15) is 38.8 Å². The molecule has 0 saturated carbocycles. The summed E-state index contributed by atoms with van der Waals surface area (Å²) in [6.07, 6.45) is 0.188. The Morgan fingerprint density at radius 1 is 1.47 bits per heavy atom. The van der Waals surface area contributed by atoms with Crippen molar-refractivity contribution in [3.63, 3.8) is 0 Å². The van der Waals surface area contributed by atoms with Gasteiger partial charge in [0, 0.05) is 10.5 Å². The van der Waals surface area contributed by atoms with Crippen LogP contribution in [0.15, 0.2) is 28.7 Å². The van der Waals surface area contributed by atoms with Gasteiger partial charge in [-0.3, -0.25) is 4.79 Å². The van der Waals surface area contributed by atoms with Gasteiger partial charge in [-0.1, -0.05) is 28.1 Å². The lowest BCUT2D eigenvalue weighted by Gasteiger charge is -2.21. The second-order valence-corrected chi connectivity index (χ2v) is 5.87. The topological polar surface area (TPSA) is 52.3 Å². The average molecular weight is 300 g/mol. The zero-order valence-electron chi connectivity index (χ0n) is 10.4. The summed E-state index contributed by atoms with van der Waals surface area (Å²) in [5, 5.41) is 0. The van der Waals surface area contributed by atoms with Gasteiger partial charge in [-0.15, -0.1) is 0 Å². The normalized spacial score (nSPS) is 13.2. The first-order valence-corrected chi connectivity index (χ1v) is 6.30. The van der Waals surface area contributed by atoms with Crippen molar-refractivity contribution in [3.8, 4) is 0 Å². The molecule has 1 rings (SSSR count). The molecule has 1 aromatic rings. The monoisotopic (exact) mass is 299 g/mol. The third-order valence-corrected chi connectivity index (χ3v) is 2.58. The van der Waals surface area contributed by atoms with Crippen LogP contribution >= 0.6 is 15.9 Å². The van der Waals surface area contributed by atoms with Crippen LogP contribution in [0.2, 0.25) is 0 Å². The molecule has 0 bridgehead atoms. The number of ether oxygens (including phenoxy) is 1. The first-order chi connectivity index (χ1) is 7.78. The van der Waals surface area contributed by atoms with E-state index in [0.29, 0.717) is 0 Å². The number of esters is 1. The molecule has 0 fully saturated rings. The van der Waals surface area contributed by atoms with Crippen LogP contribution in [0.25, 0.3) is 0 Å². The summed E-state index contributed by atoms with van der Waals surface area (Å²) in [6.45, 7) is 5.53. The maximum Gasteiger partial charge on any atom is 0.308 e. The van der Waals surface area contributed by atoms with E-state index in [0.717, 1.165) is 10.0 Å². The van der Waals surface area contributed by atoms with Crippen molar-refractivity contribution in [1.82, 2.24) is 0 Å². The Labute approximate surface area is 110 Å². The molecule has 4 heteroatoms. The summed E-state index contributed by atoms with van der Waals surface area (Å²) < 4.78 is 6.18. The van der Waals surface area contributed by atoms with Crippen molar-refractivity contribution in [2.45, 2.75) is 38.8 Å². The number of carbonyl (C=O) groups is 1. The number of hydrogen-bond donors (Lipinski definition) is 1. The molecule has 0 spiro atoms. The van der Waals surface area contributed by atoms with Gasteiger partial charge in [-0.25, -0.2) is 0 Å². The minimum absolute atomic E-state index is 0.188. The summed E-state index contributed by atoms with van der Waals surface area (Å²) in [5.74, 6) is -0.273. The molecule has 0 aliphatic carbocycles. The maximum atomic E-state index is 11.6. The largest absolute Gasteiger partial charge is 0.460 e. The van der Waals surface area contributed by atoms with Gasteiger partial charge in [0.2, 0.25) is 0 Å². The highest BCUT2D eigenvalue weighted by atomic mass is 79.9. The number of halogens is 1. The van der Waals surface area contributed by atoms with Crippen molar-refractivity contribution in [2.75, 3.05) is 0 Å². The molecule has 17 heavy (non-hydrogen) atoms. The molecule has 0 saturated heterocycles. The fourth-order valence-corrected chi connectivity index (χ4v) is 1.83. The summed E-state index contributed by atoms with van der Waals surface area (Å²) >= 11 is 3.37. The molecule has 3 nitrogen and oxygen atoms in total. The van der Waals surface area contributed by atoms with Crippen LogP contribution in [-0.2, 0) is 9.53 Å². The van der Waals surface area contributed by atoms with Gasteiger partial charge in [0.1, 0.15) is 5.60 Å². The maximum absolute atomic E-state index is 11.6. The zero-order valence-corrected chi connectivity index (χ0v) is 12.0. The van der Waals surface area contributed by atoms with Crippen LogP contribution in [0.5, 0.6) is 0 Å². The molecule has 0 amide bonds. The molecule has 0 aliphatic heterocycles. The summed E-state index contributed by atoms with van der Waals surface area (Å²) in [5.41, 5.74) is 6.42. The lowest BCUT2D eigenvalue weighted by Crippen LogP contribution is -2.26. The Balaban J connectivity index is 2.61. The molecule has 0 radical (unpaired) electrons. The van der Waals surface area contributed by atoms with Crippen LogP contribution in [0.3, 0.4) is 0 Å². The van der Waals surface area contributed by atoms with Gasteiger partial charge in [0.25, 0.3) is 0 Å². The lowest BCUT2D eigenvalue weighted by atomic mass is 10.0. The molecule has 0 aliphatic rings. The average Bonchev–Trinajstić information content (AvgIpc) is 2.14. The van der Waals surface area contributed by atoms with E-state index >= 15 is 0 Å². The third kappa shape index (κ3) is 5.33. The molecule has 1 aromatic carbocycles. The van der Waals surface area contributed by atoms with E-state index in [1.165, 1.54) is 0 Å². The van der Waals surface area contributed by atoms with E-state index < -0.39 is 5.60 Å². The quantitative estimate of drug-likeness (QED) is 0.872.